The number of carbonyl (C=O) groups is 3. The van der Waals surface area contributed by atoms with Gasteiger partial charge in [-0.2, -0.15) is 0 Å². The molecular formula is C10H15NO3. The Balaban J connectivity index is 2.33. The lowest BCUT2D eigenvalue weighted by Gasteiger charge is -2.12. The summed E-state index contributed by atoms with van der Waals surface area (Å²) in [6.45, 7) is 2.21. The zero-order valence-electron chi connectivity index (χ0n) is 8.41. The van der Waals surface area contributed by atoms with Crippen LogP contribution in [0.4, 0.5) is 0 Å². The third-order valence-electron chi connectivity index (χ3n) is 2.30. The summed E-state index contributed by atoms with van der Waals surface area (Å²) < 4.78 is 0. The Bertz CT molecular complexity index is 244. The lowest BCUT2D eigenvalue weighted by molar-refractivity contribution is -0.138. The Morgan fingerprint density at radius 2 is 1.79 bits per heavy atom. The van der Waals surface area contributed by atoms with Gasteiger partial charge in [0.25, 0.3) is 0 Å². The first kappa shape index (κ1) is 10.9. The summed E-state index contributed by atoms with van der Waals surface area (Å²) in [5, 5.41) is 0. The van der Waals surface area contributed by atoms with Crippen LogP contribution in [-0.4, -0.2) is 29.0 Å². The van der Waals surface area contributed by atoms with E-state index < -0.39 is 0 Å². The summed E-state index contributed by atoms with van der Waals surface area (Å²) in [5.41, 5.74) is 0. The molecule has 1 saturated heterocycles. The second kappa shape index (κ2) is 4.88. The fourth-order valence-electron chi connectivity index (χ4n) is 1.51. The first-order valence-corrected chi connectivity index (χ1v) is 5.00. The molecule has 1 aliphatic rings. The van der Waals surface area contributed by atoms with Crippen molar-refractivity contribution in [2.24, 2.45) is 0 Å². The van der Waals surface area contributed by atoms with Crippen LogP contribution in [0.2, 0.25) is 0 Å². The highest BCUT2D eigenvalue weighted by molar-refractivity contribution is 6.02. The summed E-state index contributed by atoms with van der Waals surface area (Å²) in [6, 6.07) is 0. The van der Waals surface area contributed by atoms with E-state index in [9.17, 15) is 14.4 Å². The van der Waals surface area contributed by atoms with Crippen molar-refractivity contribution in [3.63, 3.8) is 0 Å². The molecule has 0 aromatic heterocycles. The van der Waals surface area contributed by atoms with E-state index in [0.29, 0.717) is 25.7 Å². The second-order valence-corrected chi connectivity index (χ2v) is 3.48. The zero-order chi connectivity index (χ0) is 10.6. The number of hydrogen-bond acceptors (Lipinski definition) is 3. The van der Waals surface area contributed by atoms with Crippen LogP contribution < -0.4 is 0 Å². The summed E-state index contributed by atoms with van der Waals surface area (Å²) >= 11 is 0. The third-order valence-corrected chi connectivity index (χ3v) is 2.30. The summed E-state index contributed by atoms with van der Waals surface area (Å²) in [6.07, 6.45) is 2.28. The summed E-state index contributed by atoms with van der Waals surface area (Å²) in [7, 11) is 0. The number of nitrogens with zero attached hydrogens (tertiary/aromatic N) is 1. The van der Waals surface area contributed by atoms with Crippen LogP contribution in [0.3, 0.4) is 0 Å². The quantitative estimate of drug-likeness (QED) is 0.615. The molecule has 0 bridgehead atoms. The largest absolute Gasteiger partial charge is 0.300 e. The number of likely N-dealkylation sites (tertiary alicyclic amines) is 1. The number of hydrogen-bond donors (Lipinski definition) is 0. The highest BCUT2D eigenvalue weighted by atomic mass is 16.2. The van der Waals surface area contributed by atoms with Crippen molar-refractivity contribution in [3.8, 4) is 0 Å². The van der Waals surface area contributed by atoms with E-state index in [1.54, 1.807) is 0 Å². The molecule has 78 valence electrons. The minimum Gasteiger partial charge on any atom is -0.300 e. The number of ketones is 1. The van der Waals surface area contributed by atoms with Crippen molar-refractivity contribution in [1.29, 1.82) is 0 Å². The molecule has 1 aliphatic heterocycles. The van der Waals surface area contributed by atoms with Gasteiger partial charge >= 0.3 is 0 Å². The van der Waals surface area contributed by atoms with Crippen LogP contribution in [0, 0.1) is 0 Å². The molecule has 0 aromatic carbocycles. The fraction of sp³-hybridized carbons (Fsp3) is 0.700. The Kier molecular flexibility index (Phi) is 3.80. The molecule has 14 heavy (non-hydrogen) atoms. The molecule has 0 aliphatic carbocycles. The van der Waals surface area contributed by atoms with Crippen LogP contribution in [0.5, 0.6) is 0 Å². The fourth-order valence-corrected chi connectivity index (χ4v) is 1.51. The monoisotopic (exact) mass is 197 g/mol. The molecule has 0 atom stereocenters. The maximum Gasteiger partial charge on any atom is 0.229 e. The van der Waals surface area contributed by atoms with Gasteiger partial charge in [0.2, 0.25) is 11.8 Å². The molecule has 0 aromatic rings. The number of rotatable bonds is 5. The Morgan fingerprint density at radius 1 is 1.21 bits per heavy atom. The average Bonchev–Trinajstić information content (AvgIpc) is 2.44. The Labute approximate surface area is 83.3 Å². The molecule has 1 heterocycles. The van der Waals surface area contributed by atoms with E-state index in [0.717, 1.165) is 6.42 Å². The van der Waals surface area contributed by atoms with Gasteiger partial charge in [-0.1, -0.05) is 6.92 Å². The predicted molar refractivity (Wildman–Crippen MR) is 50.5 cm³/mol. The van der Waals surface area contributed by atoms with Crippen molar-refractivity contribution in [3.05, 3.63) is 0 Å². The van der Waals surface area contributed by atoms with E-state index in [2.05, 4.69) is 0 Å². The molecule has 0 N–H and O–H groups in total. The smallest absolute Gasteiger partial charge is 0.229 e. The van der Waals surface area contributed by atoms with Gasteiger partial charge in [-0.25, -0.2) is 0 Å². The molecule has 4 nitrogen and oxygen atoms in total. The van der Waals surface area contributed by atoms with Crippen molar-refractivity contribution in [1.82, 2.24) is 4.90 Å². The van der Waals surface area contributed by atoms with E-state index in [1.165, 1.54) is 4.90 Å². The van der Waals surface area contributed by atoms with Crippen molar-refractivity contribution in [2.75, 3.05) is 6.54 Å². The zero-order valence-corrected chi connectivity index (χ0v) is 8.41. The van der Waals surface area contributed by atoms with Gasteiger partial charge in [-0.05, 0) is 6.42 Å². The number of imide groups is 1. The molecule has 0 spiro atoms. The molecule has 0 saturated carbocycles. The van der Waals surface area contributed by atoms with Crippen LogP contribution in [0.15, 0.2) is 0 Å². The van der Waals surface area contributed by atoms with Gasteiger partial charge in [0.05, 0.1) is 0 Å². The molecular weight excluding hydrogens is 182 g/mol. The van der Waals surface area contributed by atoms with E-state index >= 15 is 0 Å². The van der Waals surface area contributed by atoms with Crippen molar-refractivity contribution in [2.45, 2.75) is 39.0 Å². The normalized spacial score (nSPS) is 16.5. The first-order valence-electron chi connectivity index (χ1n) is 5.00. The Morgan fingerprint density at radius 3 is 2.29 bits per heavy atom. The molecule has 0 unspecified atom stereocenters. The molecule has 1 fully saturated rings. The average molecular weight is 197 g/mol. The van der Waals surface area contributed by atoms with Gasteiger partial charge in [0.1, 0.15) is 5.78 Å². The van der Waals surface area contributed by atoms with Gasteiger partial charge in [0, 0.05) is 32.2 Å². The molecule has 0 radical (unpaired) electrons. The molecule has 2 amide bonds. The van der Waals surface area contributed by atoms with Crippen LogP contribution in [0.25, 0.3) is 0 Å². The van der Waals surface area contributed by atoms with Gasteiger partial charge in [0.15, 0.2) is 0 Å². The Hall–Kier alpha value is -1.19. The maximum atomic E-state index is 11.2. The highest BCUT2D eigenvalue weighted by Crippen LogP contribution is 2.12. The van der Waals surface area contributed by atoms with Gasteiger partial charge in [-0.3, -0.25) is 19.3 Å². The second-order valence-electron chi connectivity index (χ2n) is 3.48. The maximum absolute atomic E-state index is 11.2. The van der Waals surface area contributed by atoms with Crippen molar-refractivity contribution < 1.29 is 14.4 Å². The van der Waals surface area contributed by atoms with Crippen LogP contribution in [0.1, 0.15) is 39.0 Å². The standard InChI is InChI=1S/C10H15NO3/c1-2-3-8(12)6-7-11-9(13)4-5-10(11)14/h2-7H2,1H3. The topological polar surface area (TPSA) is 54.5 Å². The van der Waals surface area contributed by atoms with E-state index in [4.69, 9.17) is 0 Å². The van der Waals surface area contributed by atoms with E-state index in [-0.39, 0.29) is 24.1 Å². The predicted octanol–water partition coefficient (Wildman–Crippen LogP) is 0.895. The van der Waals surface area contributed by atoms with Crippen molar-refractivity contribution >= 4 is 17.6 Å². The first-order chi connectivity index (χ1) is 6.65. The number of amides is 2. The summed E-state index contributed by atoms with van der Waals surface area (Å²) in [4.78, 5) is 34.7. The van der Waals surface area contributed by atoms with Crippen LogP contribution >= 0.6 is 0 Å². The summed E-state index contributed by atoms with van der Waals surface area (Å²) in [5.74, 6) is -0.154. The molecule has 1 rings (SSSR count). The number of Topliss-reactive ketones (excluding diaryl/α,β-unsaturated/α-hetero) is 1. The lowest BCUT2D eigenvalue weighted by atomic mass is 10.2. The van der Waals surface area contributed by atoms with Gasteiger partial charge < -0.3 is 0 Å². The molecule has 4 heteroatoms. The lowest BCUT2D eigenvalue weighted by Crippen LogP contribution is -2.31. The number of carbonyl (C=O) groups excluding carboxylic acids is 3. The van der Waals surface area contributed by atoms with E-state index in [1.807, 2.05) is 6.92 Å². The SMILES string of the molecule is CCCC(=O)CCN1C(=O)CCC1=O. The van der Waals surface area contributed by atoms with Crippen LogP contribution in [-0.2, 0) is 14.4 Å². The minimum atomic E-state index is -0.140. The highest BCUT2D eigenvalue weighted by Gasteiger charge is 2.28. The third kappa shape index (κ3) is 2.65. The van der Waals surface area contributed by atoms with Gasteiger partial charge in [-0.15, -0.1) is 0 Å². The minimum absolute atomic E-state index is 0.125.